The molecule has 8 heteroatoms. The molecular weight excluding hydrogens is 359 g/mol. The molecule has 0 saturated carbocycles. The second kappa shape index (κ2) is 7.83. The van der Waals surface area contributed by atoms with Crippen LogP contribution in [0.3, 0.4) is 0 Å². The fourth-order valence-electron chi connectivity index (χ4n) is 2.14. The van der Waals surface area contributed by atoms with Gasteiger partial charge in [-0.25, -0.2) is 14.2 Å². The molecule has 0 unspecified atom stereocenters. The van der Waals surface area contributed by atoms with E-state index >= 15 is 0 Å². The van der Waals surface area contributed by atoms with Crippen LogP contribution < -0.4 is 10.1 Å². The summed E-state index contributed by atoms with van der Waals surface area (Å²) < 4.78 is 18.9. The Kier molecular flexibility index (Phi) is 5.33. The number of carbonyl (C=O) groups is 2. The van der Waals surface area contributed by atoms with Crippen molar-refractivity contribution in [2.24, 2.45) is 4.99 Å². The summed E-state index contributed by atoms with van der Waals surface area (Å²) in [5.74, 6) is -1.62. The smallest absolute Gasteiger partial charge is 0.341 e. The lowest BCUT2D eigenvalue weighted by atomic mass is 10.2. The maximum absolute atomic E-state index is 13.7. The number of halogens is 1. The number of ether oxygens (including phenoxy) is 1. The Morgan fingerprint density at radius 2 is 1.96 bits per heavy atom. The van der Waals surface area contributed by atoms with Crippen LogP contribution in [0.5, 0.6) is 5.75 Å². The molecule has 2 N–H and O–H groups in total. The Morgan fingerprint density at radius 3 is 2.73 bits per heavy atom. The minimum atomic E-state index is -1.10. The first kappa shape index (κ1) is 17.7. The van der Waals surface area contributed by atoms with E-state index in [0.29, 0.717) is 16.2 Å². The molecule has 1 fully saturated rings. The van der Waals surface area contributed by atoms with Crippen LogP contribution in [-0.4, -0.2) is 28.8 Å². The first-order chi connectivity index (χ1) is 12.5. The van der Waals surface area contributed by atoms with Crippen LogP contribution in [0.15, 0.2) is 58.4 Å². The Bertz CT molecular complexity index is 927. The molecule has 1 heterocycles. The largest absolute Gasteiger partial charge is 0.481 e. The van der Waals surface area contributed by atoms with E-state index in [0.717, 1.165) is 11.8 Å². The molecule has 0 radical (unpaired) electrons. The number of benzene rings is 2. The third-order valence-corrected chi connectivity index (χ3v) is 4.19. The van der Waals surface area contributed by atoms with Gasteiger partial charge in [0, 0.05) is 5.56 Å². The number of amidine groups is 1. The van der Waals surface area contributed by atoms with E-state index in [1.165, 1.54) is 12.1 Å². The Hall–Kier alpha value is -3.13. The monoisotopic (exact) mass is 372 g/mol. The number of hydrogen-bond donors (Lipinski definition) is 2. The predicted molar refractivity (Wildman–Crippen MR) is 96.8 cm³/mol. The number of amides is 1. The molecule has 2 aromatic carbocycles. The van der Waals surface area contributed by atoms with Crippen LogP contribution in [0.2, 0.25) is 0 Å². The first-order valence-electron chi connectivity index (χ1n) is 7.50. The second-order valence-electron chi connectivity index (χ2n) is 5.15. The lowest BCUT2D eigenvalue weighted by Crippen LogP contribution is -2.19. The second-order valence-corrected chi connectivity index (χ2v) is 6.18. The first-order valence-corrected chi connectivity index (χ1v) is 8.32. The zero-order valence-electron chi connectivity index (χ0n) is 13.3. The topological polar surface area (TPSA) is 88.0 Å². The fraction of sp³-hybridized carbons (Fsp3) is 0.0556. The lowest BCUT2D eigenvalue weighted by Gasteiger charge is -2.06. The highest BCUT2D eigenvalue weighted by Crippen LogP contribution is 2.31. The van der Waals surface area contributed by atoms with Gasteiger partial charge in [-0.15, -0.1) is 0 Å². The number of thioether (sulfide) groups is 1. The Labute approximate surface area is 152 Å². The van der Waals surface area contributed by atoms with Gasteiger partial charge in [0.1, 0.15) is 17.3 Å². The minimum absolute atomic E-state index is 0.127. The van der Waals surface area contributed by atoms with Gasteiger partial charge in [-0.1, -0.05) is 30.3 Å². The molecule has 1 aliphatic heterocycles. The number of rotatable bonds is 5. The molecule has 1 saturated heterocycles. The van der Waals surface area contributed by atoms with Crippen molar-refractivity contribution in [1.82, 2.24) is 5.32 Å². The molecular formula is C18H13FN2O4S. The molecule has 0 atom stereocenters. The number of carbonyl (C=O) groups excluding carboxylic acids is 1. The summed E-state index contributed by atoms with van der Waals surface area (Å²) in [4.78, 5) is 27.2. The van der Waals surface area contributed by atoms with Crippen molar-refractivity contribution in [3.05, 3.63) is 64.8 Å². The van der Waals surface area contributed by atoms with Crippen LogP contribution in [0.4, 0.5) is 10.1 Å². The van der Waals surface area contributed by atoms with E-state index in [1.807, 2.05) is 0 Å². The SMILES string of the molecule is O=C(O)COc1ccccc1/C=C1/SC(=Nc2ccccc2F)NC1=O. The van der Waals surface area contributed by atoms with Crippen molar-refractivity contribution < 1.29 is 23.8 Å². The molecule has 0 aromatic heterocycles. The molecule has 132 valence electrons. The van der Waals surface area contributed by atoms with Gasteiger partial charge in [-0.3, -0.25) is 4.79 Å². The van der Waals surface area contributed by atoms with Crippen molar-refractivity contribution in [2.75, 3.05) is 6.61 Å². The van der Waals surface area contributed by atoms with Crippen LogP contribution in [0, 0.1) is 5.82 Å². The number of hydrogen-bond acceptors (Lipinski definition) is 5. The van der Waals surface area contributed by atoms with Gasteiger partial charge in [0.2, 0.25) is 0 Å². The van der Waals surface area contributed by atoms with Crippen LogP contribution in [-0.2, 0) is 9.59 Å². The third-order valence-electron chi connectivity index (χ3n) is 3.28. The van der Waals surface area contributed by atoms with E-state index in [-0.39, 0.29) is 16.8 Å². The van der Waals surface area contributed by atoms with E-state index < -0.39 is 18.4 Å². The van der Waals surface area contributed by atoms with Gasteiger partial charge in [-0.2, -0.15) is 0 Å². The minimum Gasteiger partial charge on any atom is -0.481 e. The summed E-state index contributed by atoms with van der Waals surface area (Å²) in [7, 11) is 0. The fourth-order valence-corrected chi connectivity index (χ4v) is 2.97. The van der Waals surface area contributed by atoms with Crippen molar-refractivity contribution in [3.63, 3.8) is 0 Å². The van der Waals surface area contributed by atoms with E-state index in [9.17, 15) is 14.0 Å². The lowest BCUT2D eigenvalue weighted by molar-refractivity contribution is -0.139. The predicted octanol–water partition coefficient (Wildman–Crippen LogP) is 3.18. The average Bonchev–Trinajstić information content (AvgIpc) is 2.95. The maximum Gasteiger partial charge on any atom is 0.341 e. The molecule has 26 heavy (non-hydrogen) atoms. The average molecular weight is 372 g/mol. The van der Waals surface area contributed by atoms with Crippen molar-refractivity contribution >= 4 is 40.6 Å². The summed E-state index contributed by atoms with van der Waals surface area (Å²) in [5, 5.41) is 11.6. The van der Waals surface area contributed by atoms with Crippen molar-refractivity contribution in [2.45, 2.75) is 0 Å². The highest BCUT2D eigenvalue weighted by atomic mass is 32.2. The highest BCUT2D eigenvalue weighted by molar-refractivity contribution is 8.18. The summed E-state index contributed by atoms with van der Waals surface area (Å²) in [6, 6.07) is 12.7. The van der Waals surface area contributed by atoms with Crippen LogP contribution in [0.1, 0.15) is 5.56 Å². The van der Waals surface area contributed by atoms with Gasteiger partial charge in [-0.05, 0) is 36.0 Å². The zero-order chi connectivity index (χ0) is 18.5. The summed E-state index contributed by atoms with van der Waals surface area (Å²) in [5.41, 5.74) is 0.681. The van der Waals surface area contributed by atoms with Gasteiger partial charge in [0.15, 0.2) is 11.8 Å². The van der Waals surface area contributed by atoms with E-state index in [4.69, 9.17) is 9.84 Å². The summed E-state index contributed by atoms with van der Waals surface area (Å²) in [6.07, 6.45) is 1.57. The standard InChI is InChI=1S/C18H13FN2O4S/c19-12-6-2-3-7-13(12)20-18-21-17(24)15(26-18)9-11-5-1-4-8-14(11)25-10-16(22)23/h1-9H,10H2,(H,22,23)(H,20,21,24)/b15-9+. The van der Waals surface area contributed by atoms with Gasteiger partial charge >= 0.3 is 5.97 Å². The molecule has 2 aromatic rings. The van der Waals surface area contributed by atoms with Gasteiger partial charge in [0.25, 0.3) is 5.91 Å². The molecule has 1 amide bonds. The van der Waals surface area contributed by atoms with Crippen LogP contribution >= 0.6 is 11.8 Å². The third kappa shape index (κ3) is 4.28. The van der Waals surface area contributed by atoms with Crippen molar-refractivity contribution in [3.8, 4) is 5.75 Å². The van der Waals surface area contributed by atoms with Crippen LogP contribution in [0.25, 0.3) is 6.08 Å². The molecule has 0 aliphatic carbocycles. The number of carboxylic acid groups (broad SMARTS) is 1. The number of para-hydroxylation sites is 2. The number of aliphatic imine (C=N–C) groups is 1. The van der Waals surface area contributed by atoms with Crippen molar-refractivity contribution in [1.29, 1.82) is 0 Å². The molecule has 6 nitrogen and oxygen atoms in total. The number of nitrogens with one attached hydrogen (secondary N) is 1. The number of aliphatic carboxylic acids is 1. The quantitative estimate of drug-likeness (QED) is 0.787. The Balaban J connectivity index is 1.83. The number of carboxylic acids is 1. The zero-order valence-corrected chi connectivity index (χ0v) is 14.1. The number of nitrogens with zero attached hydrogens (tertiary/aromatic N) is 1. The van der Waals surface area contributed by atoms with E-state index in [2.05, 4.69) is 10.3 Å². The molecule has 0 spiro atoms. The molecule has 3 rings (SSSR count). The van der Waals surface area contributed by atoms with Gasteiger partial charge < -0.3 is 15.2 Å². The maximum atomic E-state index is 13.7. The normalized spacial score (nSPS) is 16.7. The molecule has 0 bridgehead atoms. The molecule has 1 aliphatic rings. The summed E-state index contributed by atoms with van der Waals surface area (Å²) in [6.45, 7) is -0.487. The Morgan fingerprint density at radius 1 is 1.23 bits per heavy atom. The van der Waals surface area contributed by atoms with Gasteiger partial charge in [0.05, 0.1) is 4.91 Å². The van der Waals surface area contributed by atoms with E-state index in [1.54, 1.807) is 42.5 Å². The summed E-state index contributed by atoms with van der Waals surface area (Å²) >= 11 is 1.06. The highest BCUT2D eigenvalue weighted by Gasteiger charge is 2.24.